The average molecular weight is 597 g/mol. The first-order valence-corrected chi connectivity index (χ1v) is 15.9. The van der Waals surface area contributed by atoms with Gasteiger partial charge in [0.25, 0.3) is 0 Å². The lowest BCUT2D eigenvalue weighted by atomic mass is 9.82. The summed E-state index contributed by atoms with van der Waals surface area (Å²) in [5.41, 5.74) is 18.6. The van der Waals surface area contributed by atoms with Gasteiger partial charge in [0.1, 0.15) is 12.0 Å². The van der Waals surface area contributed by atoms with Crippen molar-refractivity contribution in [2.75, 3.05) is 0 Å². The fourth-order valence-electron chi connectivity index (χ4n) is 7.08. The van der Waals surface area contributed by atoms with Crippen molar-refractivity contribution in [1.82, 2.24) is 9.88 Å². The van der Waals surface area contributed by atoms with E-state index >= 15 is 0 Å². The summed E-state index contributed by atoms with van der Waals surface area (Å²) in [5.74, 6) is 0.769. The van der Waals surface area contributed by atoms with Gasteiger partial charge in [0, 0.05) is 34.0 Å². The number of fused-ring (bicyclic) bond motifs is 6. The smallest absolute Gasteiger partial charge is 0.130 e. The van der Waals surface area contributed by atoms with Gasteiger partial charge in [-0.05, 0) is 75.8 Å². The van der Waals surface area contributed by atoms with Crippen molar-refractivity contribution in [3.63, 3.8) is 0 Å². The fraction of sp³-hybridized carbons (Fsp3) is 0.119. The molecule has 1 aromatic heterocycles. The number of rotatable bonds is 6. The van der Waals surface area contributed by atoms with E-state index in [9.17, 15) is 0 Å². The highest BCUT2D eigenvalue weighted by Crippen LogP contribution is 2.50. The second-order valence-electron chi connectivity index (χ2n) is 12.7. The van der Waals surface area contributed by atoms with E-state index < -0.39 is 6.17 Å². The molecule has 1 aliphatic rings. The van der Waals surface area contributed by atoms with E-state index in [-0.39, 0.29) is 5.41 Å². The van der Waals surface area contributed by atoms with Crippen molar-refractivity contribution in [1.29, 1.82) is 0 Å². The average Bonchev–Trinajstić information content (AvgIpc) is 3.55. The number of amidine groups is 1. The van der Waals surface area contributed by atoms with Crippen molar-refractivity contribution in [2.24, 2.45) is 10.7 Å². The summed E-state index contributed by atoms with van der Waals surface area (Å²) < 4.78 is 2.40. The second-order valence-corrected chi connectivity index (χ2v) is 12.7. The molecular weight excluding hydrogens is 560 g/mol. The number of nitrogens with one attached hydrogen (secondary N) is 1. The van der Waals surface area contributed by atoms with Crippen molar-refractivity contribution in [3.05, 3.63) is 173 Å². The standard InChI is InChI=1S/C42H36N4/c1-42(2)36-19-11-9-17-32(36)34-26-39-35(25-37(34)42)33-18-10-12-20-38(33)46(39)31-23-21-30(22-24-31)41(44-27-28-13-5-3-6-14-28)45-40(43)29-15-7-4-8-16-29/h3-26,40H,27,43H2,1-2H3,(H,44,45). The molecule has 0 saturated heterocycles. The SMILES string of the molecule is CC1(C)c2ccccc2-c2cc3c(cc21)c1ccccc1n3-c1ccc(/C(=N/C(N)c2ccccc2)NCc2ccccc2)cc1. The molecule has 0 fully saturated rings. The Kier molecular flexibility index (Phi) is 6.81. The zero-order valence-electron chi connectivity index (χ0n) is 26.1. The summed E-state index contributed by atoms with van der Waals surface area (Å²) in [7, 11) is 0. The number of benzene rings is 6. The molecule has 7 aromatic rings. The first kappa shape index (κ1) is 28.1. The number of aliphatic imine (C=N–C) groups is 1. The highest BCUT2D eigenvalue weighted by atomic mass is 15.1. The van der Waals surface area contributed by atoms with Crippen molar-refractivity contribution in [2.45, 2.75) is 32.0 Å². The number of nitrogens with zero attached hydrogens (tertiary/aromatic N) is 2. The minimum Gasteiger partial charge on any atom is -0.366 e. The van der Waals surface area contributed by atoms with Crippen LogP contribution in [0.3, 0.4) is 0 Å². The molecular formula is C42H36N4. The van der Waals surface area contributed by atoms with Crippen LogP contribution in [0.25, 0.3) is 38.6 Å². The van der Waals surface area contributed by atoms with E-state index in [4.69, 9.17) is 10.7 Å². The highest BCUT2D eigenvalue weighted by Gasteiger charge is 2.36. The summed E-state index contributed by atoms with van der Waals surface area (Å²) in [4.78, 5) is 4.98. The number of para-hydroxylation sites is 1. The molecule has 1 aliphatic carbocycles. The molecule has 8 rings (SSSR count). The third-order valence-corrected chi connectivity index (χ3v) is 9.49. The number of nitrogens with two attached hydrogens (primary N) is 1. The van der Waals surface area contributed by atoms with Crippen LogP contribution in [0.1, 0.15) is 47.8 Å². The zero-order valence-corrected chi connectivity index (χ0v) is 26.1. The van der Waals surface area contributed by atoms with Crippen LogP contribution in [-0.4, -0.2) is 10.4 Å². The van der Waals surface area contributed by atoms with Crippen molar-refractivity contribution in [3.8, 4) is 16.8 Å². The molecule has 0 saturated carbocycles. The number of hydrogen-bond acceptors (Lipinski definition) is 2. The van der Waals surface area contributed by atoms with Crippen molar-refractivity contribution < 1.29 is 0 Å². The molecule has 0 radical (unpaired) electrons. The summed E-state index contributed by atoms with van der Waals surface area (Å²) in [6, 6.07) is 51.5. The summed E-state index contributed by atoms with van der Waals surface area (Å²) in [6.45, 7) is 5.34. The van der Waals surface area contributed by atoms with Crippen LogP contribution in [0, 0.1) is 0 Å². The monoisotopic (exact) mass is 596 g/mol. The van der Waals surface area contributed by atoms with E-state index in [1.165, 1.54) is 49.6 Å². The largest absolute Gasteiger partial charge is 0.366 e. The molecule has 3 N–H and O–H groups in total. The minimum absolute atomic E-state index is 0.0476. The van der Waals surface area contributed by atoms with Gasteiger partial charge in [-0.15, -0.1) is 0 Å². The van der Waals surface area contributed by atoms with E-state index in [0.717, 1.165) is 22.6 Å². The van der Waals surface area contributed by atoms with Gasteiger partial charge in [0.2, 0.25) is 0 Å². The molecule has 0 spiro atoms. The Hall–Kier alpha value is -5.45. The van der Waals surface area contributed by atoms with Crippen LogP contribution in [0.15, 0.2) is 151 Å². The van der Waals surface area contributed by atoms with Crippen LogP contribution in [-0.2, 0) is 12.0 Å². The minimum atomic E-state index is -0.481. The van der Waals surface area contributed by atoms with Gasteiger partial charge in [-0.3, -0.25) is 0 Å². The Morgan fingerprint density at radius 1 is 0.674 bits per heavy atom. The molecule has 1 atom stereocenters. The van der Waals surface area contributed by atoms with E-state index in [1.54, 1.807) is 0 Å². The molecule has 0 aliphatic heterocycles. The molecule has 0 amide bonds. The summed E-state index contributed by atoms with van der Waals surface area (Å²) >= 11 is 0. The predicted molar refractivity (Wildman–Crippen MR) is 192 cm³/mol. The molecule has 224 valence electrons. The molecule has 4 nitrogen and oxygen atoms in total. The highest BCUT2D eigenvalue weighted by molar-refractivity contribution is 6.11. The topological polar surface area (TPSA) is 55.3 Å². The zero-order chi connectivity index (χ0) is 31.3. The Bertz CT molecular complexity index is 2230. The Morgan fingerprint density at radius 2 is 1.35 bits per heavy atom. The lowest BCUT2D eigenvalue weighted by molar-refractivity contribution is 0.661. The first-order chi connectivity index (χ1) is 22.5. The molecule has 1 heterocycles. The van der Waals surface area contributed by atoms with Gasteiger partial charge in [0.15, 0.2) is 0 Å². The third kappa shape index (κ3) is 4.70. The van der Waals surface area contributed by atoms with Gasteiger partial charge >= 0.3 is 0 Å². The second kappa shape index (κ2) is 11.2. The van der Waals surface area contributed by atoms with E-state index in [0.29, 0.717) is 6.54 Å². The van der Waals surface area contributed by atoms with Crippen molar-refractivity contribution >= 4 is 27.6 Å². The van der Waals surface area contributed by atoms with Gasteiger partial charge in [-0.1, -0.05) is 117 Å². The molecule has 46 heavy (non-hydrogen) atoms. The molecule has 4 heteroatoms. The maximum absolute atomic E-state index is 6.60. The number of hydrogen-bond donors (Lipinski definition) is 2. The maximum atomic E-state index is 6.60. The summed E-state index contributed by atoms with van der Waals surface area (Å²) in [6.07, 6.45) is -0.481. The molecule has 1 unspecified atom stereocenters. The normalized spacial score (nSPS) is 14.3. The van der Waals surface area contributed by atoms with Gasteiger partial charge in [-0.25, -0.2) is 4.99 Å². The maximum Gasteiger partial charge on any atom is 0.130 e. The Balaban J connectivity index is 1.23. The van der Waals surface area contributed by atoms with E-state index in [2.05, 4.69) is 133 Å². The first-order valence-electron chi connectivity index (χ1n) is 15.9. The quantitative estimate of drug-likeness (QED) is 0.148. The molecule has 0 bridgehead atoms. The third-order valence-electron chi connectivity index (χ3n) is 9.49. The van der Waals surface area contributed by atoms with Crippen LogP contribution in [0.2, 0.25) is 0 Å². The lowest BCUT2D eigenvalue weighted by Gasteiger charge is -2.21. The van der Waals surface area contributed by atoms with Gasteiger partial charge in [0.05, 0.1) is 11.0 Å². The van der Waals surface area contributed by atoms with Gasteiger partial charge < -0.3 is 15.6 Å². The molecule has 6 aromatic carbocycles. The van der Waals surface area contributed by atoms with Crippen LogP contribution < -0.4 is 11.1 Å². The summed E-state index contributed by atoms with van der Waals surface area (Å²) in [5, 5.41) is 6.11. The lowest BCUT2D eigenvalue weighted by Crippen LogP contribution is -2.26. The van der Waals surface area contributed by atoms with E-state index in [1.807, 2.05) is 36.4 Å². The van der Waals surface area contributed by atoms with Crippen LogP contribution in [0.5, 0.6) is 0 Å². The predicted octanol–water partition coefficient (Wildman–Crippen LogP) is 9.28. The van der Waals surface area contributed by atoms with Crippen LogP contribution in [0.4, 0.5) is 0 Å². The fourth-order valence-corrected chi connectivity index (χ4v) is 7.08. The Morgan fingerprint density at radius 3 is 2.13 bits per heavy atom. The van der Waals surface area contributed by atoms with Crippen LogP contribution >= 0.6 is 0 Å². The number of aromatic nitrogens is 1. The Labute approximate surface area is 269 Å². The van der Waals surface area contributed by atoms with Gasteiger partial charge in [-0.2, -0.15) is 0 Å².